The molecule has 0 unspecified atom stereocenters. The molecule has 7 nitrogen and oxygen atoms in total. The Morgan fingerprint density at radius 1 is 0.974 bits per heavy atom. The zero-order valence-corrected chi connectivity index (χ0v) is 21.7. The van der Waals surface area contributed by atoms with Gasteiger partial charge in [-0.25, -0.2) is 9.82 Å². The number of amides is 2. The fourth-order valence-corrected chi connectivity index (χ4v) is 5.48. The van der Waals surface area contributed by atoms with Gasteiger partial charge in [0.2, 0.25) is 0 Å². The number of aryl methyl sites for hydroxylation is 2. The fraction of sp³-hybridized carbons (Fsp3) is 0.194. The first kappa shape index (κ1) is 24.6. The third kappa shape index (κ3) is 4.27. The van der Waals surface area contributed by atoms with E-state index < -0.39 is 11.7 Å². The first-order chi connectivity index (χ1) is 19.0. The van der Waals surface area contributed by atoms with Crippen molar-refractivity contribution in [1.29, 1.82) is 0 Å². The Hall–Kier alpha value is -4.72. The van der Waals surface area contributed by atoms with Crippen LogP contribution in [0.1, 0.15) is 57.6 Å². The number of carbonyl (C=O) groups is 2. The number of hydrazone groups is 1. The van der Waals surface area contributed by atoms with Gasteiger partial charge in [-0.2, -0.15) is 5.10 Å². The van der Waals surface area contributed by atoms with Crippen molar-refractivity contribution < 1.29 is 18.4 Å². The third-order valence-electron chi connectivity index (χ3n) is 7.29. The highest BCUT2D eigenvalue weighted by Gasteiger charge is 2.28. The van der Waals surface area contributed by atoms with Gasteiger partial charge in [0.15, 0.2) is 5.76 Å². The summed E-state index contributed by atoms with van der Waals surface area (Å²) in [5.74, 6) is -0.729. The first-order valence-corrected chi connectivity index (χ1v) is 13.0. The van der Waals surface area contributed by atoms with Gasteiger partial charge in [0, 0.05) is 51.6 Å². The van der Waals surface area contributed by atoms with Crippen molar-refractivity contribution >= 4 is 45.0 Å². The lowest BCUT2D eigenvalue weighted by Crippen LogP contribution is -2.23. The number of para-hydroxylation sites is 1. The Kier molecular flexibility index (Phi) is 6.23. The average molecular weight is 523 g/mol. The largest absolute Gasteiger partial charge is 0.455 e. The van der Waals surface area contributed by atoms with E-state index in [1.807, 2.05) is 37.3 Å². The van der Waals surface area contributed by atoms with Crippen molar-refractivity contribution in [2.24, 2.45) is 5.10 Å². The quantitative estimate of drug-likeness (QED) is 0.256. The molecule has 3 aromatic carbocycles. The van der Waals surface area contributed by atoms with E-state index in [0.29, 0.717) is 35.6 Å². The Morgan fingerprint density at radius 2 is 1.74 bits per heavy atom. The van der Waals surface area contributed by atoms with Gasteiger partial charge in [0.25, 0.3) is 11.8 Å². The SMILES string of the molecule is CCn1c2ccccc2c2cc(NC(=O)c3oc4c(c3C)/C(=N/NC(=O)c3ccccc3F)CCC4)ccc21. The highest BCUT2D eigenvalue weighted by molar-refractivity contribution is 6.12. The van der Waals surface area contributed by atoms with Crippen molar-refractivity contribution in [3.8, 4) is 0 Å². The number of nitrogens with zero attached hydrogens (tertiary/aromatic N) is 2. The van der Waals surface area contributed by atoms with Crippen LogP contribution in [-0.2, 0) is 13.0 Å². The van der Waals surface area contributed by atoms with Crippen LogP contribution in [0.2, 0.25) is 0 Å². The van der Waals surface area contributed by atoms with Crippen LogP contribution in [0, 0.1) is 12.7 Å². The van der Waals surface area contributed by atoms with Crippen LogP contribution >= 0.6 is 0 Å². The van der Waals surface area contributed by atoms with E-state index in [4.69, 9.17) is 4.42 Å². The van der Waals surface area contributed by atoms with Gasteiger partial charge in [0.05, 0.1) is 11.3 Å². The van der Waals surface area contributed by atoms with E-state index in [2.05, 4.69) is 39.5 Å². The van der Waals surface area contributed by atoms with Crippen LogP contribution in [0.15, 0.2) is 76.2 Å². The van der Waals surface area contributed by atoms with Gasteiger partial charge < -0.3 is 14.3 Å². The minimum atomic E-state index is -0.633. The molecule has 0 saturated heterocycles. The predicted octanol–water partition coefficient (Wildman–Crippen LogP) is 6.58. The molecule has 0 bridgehead atoms. The summed E-state index contributed by atoms with van der Waals surface area (Å²) < 4.78 is 22.3. The summed E-state index contributed by atoms with van der Waals surface area (Å²) in [7, 11) is 0. The molecule has 8 heteroatoms. The van der Waals surface area contributed by atoms with Crippen LogP contribution in [0.25, 0.3) is 21.8 Å². The van der Waals surface area contributed by atoms with E-state index in [-0.39, 0.29) is 17.2 Å². The Bertz CT molecular complexity index is 1800. The summed E-state index contributed by atoms with van der Waals surface area (Å²) in [4.78, 5) is 25.8. The zero-order chi connectivity index (χ0) is 27.1. The summed E-state index contributed by atoms with van der Waals surface area (Å²) in [6, 6.07) is 19.9. The number of rotatable bonds is 5. The van der Waals surface area contributed by atoms with Crippen LogP contribution in [0.5, 0.6) is 0 Å². The maximum Gasteiger partial charge on any atom is 0.291 e. The molecule has 39 heavy (non-hydrogen) atoms. The van der Waals surface area contributed by atoms with Crippen molar-refractivity contribution in [3.63, 3.8) is 0 Å². The lowest BCUT2D eigenvalue weighted by Gasteiger charge is -2.13. The number of nitrogens with one attached hydrogen (secondary N) is 2. The van der Waals surface area contributed by atoms with Gasteiger partial charge in [-0.1, -0.05) is 30.3 Å². The molecule has 0 radical (unpaired) electrons. The molecule has 0 fully saturated rings. The summed E-state index contributed by atoms with van der Waals surface area (Å²) in [6.07, 6.45) is 2.02. The highest BCUT2D eigenvalue weighted by Crippen LogP contribution is 2.33. The molecule has 2 aromatic heterocycles. The number of hydrogen-bond donors (Lipinski definition) is 2. The number of aromatic nitrogens is 1. The molecule has 1 aliphatic carbocycles. The minimum absolute atomic E-state index is 0.0825. The second-order valence-electron chi connectivity index (χ2n) is 9.63. The van der Waals surface area contributed by atoms with Gasteiger partial charge in [0.1, 0.15) is 11.6 Å². The number of hydrogen-bond acceptors (Lipinski definition) is 4. The van der Waals surface area contributed by atoms with Crippen molar-refractivity contribution in [2.45, 2.75) is 39.7 Å². The van der Waals surface area contributed by atoms with Gasteiger partial charge in [-0.05, 0) is 63.1 Å². The monoisotopic (exact) mass is 522 g/mol. The maximum absolute atomic E-state index is 14.0. The molecule has 6 rings (SSSR count). The van der Waals surface area contributed by atoms with Crippen molar-refractivity contribution in [3.05, 3.63) is 101 Å². The van der Waals surface area contributed by atoms with E-state index in [1.165, 1.54) is 18.2 Å². The molecular formula is C31H27FN4O3. The molecular weight excluding hydrogens is 495 g/mol. The van der Waals surface area contributed by atoms with Crippen molar-refractivity contribution in [2.75, 3.05) is 5.32 Å². The topological polar surface area (TPSA) is 88.6 Å². The van der Waals surface area contributed by atoms with Crippen molar-refractivity contribution in [1.82, 2.24) is 9.99 Å². The lowest BCUT2D eigenvalue weighted by molar-refractivity contribution is 0.0949. The number of benzene rings is 3. The fourth-order valence-electron chi connectivity index (χ4n) is 5.48. The van der Waals surface area contributed by atoms with Gasteiger partial charge in [-0.3, -0.25) is 9.59 Å². The van der Waals surface area contributed by atoms with Crippen LogP contribution in [0.4, 0.5) is 10.1 Å². The highest BCUT2D eigenvalue weighted by atomic mass is 19.1. The average Bonchev–Trinajstić information content (AvgIpc) is 3.46. The molecule has 2 amide bonds. The van der Waals surface area contributed by atoms with E-state index in [1.54, 1.807) is 6.07 Å². The number of anilines is 1. The van der Waals surface area contributed by atoms with Crippen LogP contribution in [-0.4, -0.2) is 22.1 Å². The molecule has 2 N–H and O–H groups in total. The molecule has 0 saturated carbocycles. The van der Waals surface area contributed by atoms with Gasteiger partial charge in [-0.15, -0.1) is 0 Å². The Balaban J connectivity index is 1.28. The normalized spacial score (nSPS) is 14.1. The first-order valence-electron chi connectivity index (χ1n) is 13.0. The third-order valence-corrected chi connectivity index (χ3v) is 7.29. The number of carbonyl (C=O) groups excluding carboxylic acids is 2. The van der Waals surface area contributed by atoms with Crippen LogP contribution in [0.3, 0.4) is 0 Å². The number of halogens is 1. The molecule has 1 aliphatic rings. The minimum Gasteiger partial charge on any atom is -0.455 e. The molecule has 0 aliphatic heterocycles. The predicted molar refractivity (Wildman–Crippen MR) is 150 cm³/mol. The number of furan rings is 1. The maximum atomic E-state index is 14.0. The molecule has 5 aromatic rings. The zero-order valence-electron chi connectivity index (χ0n) is 21.7. The molecule has 0 spiro atoms. The number of fused-ring (bicyclic) bond motifs is 4. The van der Waals surface area contributed by atoms with Gasteiger partial charge >= 0.3 is 0 Å². The Labute approximate surface area is 224 Å². The van der Waals surface area contributed by atoms with E-state index in [9.17, 15) is 14.0 Å². The lowest BCUT2D eigenvalue weighted by atomic mass is 9.93. The standard InChI is InChI=1S/C31H27FN4O3/c1-3-36-25-13-7-5-9-20(25)22-17-19(15-16-26(22)36)33-31(38)29-18(2)28-24(12-8-14-27(28)39-29)34-35-30(37)21-10-4-6-11-23(21)32/h4-7,9-11,13,15-17H,3,8,12,14H2,1-2H3,(H,33,38)(H,35,37)/b34-24+. The summed E-state index contributed by atoms with van der Waals surface area (Å²) in [5.41, 5.74) is 7.30. The summed E-state index contributed by atoms with van der Waals surface area (Å²) in [6.45, 7) is 4.78. The second kappa shape index (κ2) is 9.87. The molecule has 2 heterocycles. The second-order valence-corrected chi connectivity index (χ2v) is 9.63. The Morgan fingerprint density at radius 3 is 2.56 bits per heavy atom. The molecule has 0 atom stereocenters. The smallest absolute Gasteiger partial charge is 0.291 e. The van der Waals surface area contributed by atoms with Crippen LogP contribution < -0.4 is 10.7 Å². The van der Waals surface area contributed by atoms with E-state index >= 15 is 0 Å². The summed E-state index contributed by atoms with van der Waals surface area (Å²) >= 11 is 0. The molecule has 196 valence electrons. The van der Waals surface area contributed by atoms with E-state index in [0.717, 1.165) is 40.3 Å². The summed E-state index contributed by atoms with van der Waals surface area (Å²) in [5, 5.41) is 9.48.